The summed E-state index contributed by atoms with van der Waals surface area (Å²) < 4.78 is 32.4. The molecule has 2 aromatic carbocycles. The average molecular weight is 502 g/mol. The van der Waals surface area contributed by atoms with Crippen LogP contribution < -0.4 is 20.9 Å². The third-order valence-electron chi connectivity index (χ3n) is 7.16. The molecule has 196 valence electrons. The normalized spacial score (nSPS) is 20.9. The standard InChI is InChI=1S/C27H37F2N5O2/c1-33(12-4-7-23-17-25(32-31-23)20-5-3-6-21(28)16-20)27(35)30-22-10-13-34(14-11-22)18-19-8-9-26(36-2)24(29)15-19/h3,5-6,8-9,15-16,22-23,25,31-32H,4,7,10-14,17-18H2,1-2H3,(H,30,35). The third-order valence-corrected chi connectivity index (χ3v) is 7.16. The lowest BCUT2D eigenvalue weighted by Crippen LogP contribution is -2.48. The fourth-order valence-electron chi connectivity index (χ4n) is 5.02. The van der Waals surface area contributed by atoms with Crippen molar-refractivity contribution in [2.75, 3.05) is 33.8 Å². The summed E-state index contributed by atoms with van der Waals surface area (Å²) in [6.07, 6.45) is 4.45. The van der Waals surface area contributed by atoms with Crippen LogP contribution in [0.4, 0.5) is 13.6 Å². The first-order chi connectivity index (χ1) is 17.4. The van der Waals surface area contributed by atoms with Crippen LogP contribution in [0.25, 0.3) is 0 Å². The minimum absolute atomic E-state index is 0.0409. The Morgan fingerprint density at radius 2 is 1.97 bits per heavy atom. The summed E-state index contributed by atoms with van der Waals surface area (Å²) in [4.78, 5) is 16.7. The number of urea groups is 1. The zero-order valence-electron chi connectivity index (χ0n) is 21.1. The van der Waals surface area contributed by atoms with Gasteiger partial charge in [-0.2, -0.15) is 0 Å². The molecule has 2 heterocycles. The molecule has 2 atom stereocenters. The second-order valence-electron chi connectivity index (χ2n) is 9.86. The van der Waals surface area contributed by atoms with E-state index in [-0.39, 0.29) is 35.5 Å². The Hall–Kier alpha value is -2.75. The molecule has 3 N–H and O–H groups in total. The number of amides is 2. The van der Waals surface area contributed by atoms with E-state index in [2.05, 4.69) is 21.1 Å². The van der Waals surface area contributed by atoms with Crippen molar-refractivity contribution in [2.45, 2.75) is 56.8 Å². The maximum Gasteiger partial charge on any atom is 0.317 e. The quantitative estimate of drug-likeness (QED) is 0.485. The topological polar surface area (TPSA) is 68.9 Å². The van der Waals surface area contributed by atoms with Crippen molar-refractivity contribution in [1.29, 1.82) is 0 Å². The molecular weight excluding hydrogens is 464 g/mol. The molecule has 0 aliphatic carbocycles. The van der Waals surface area contributed by atoms with Crippen molar-refractivity contribution in [3.63, 3.8) is 0 Å². The van der Waals surface area contributed by atoms with Gasteiger partial charge < -0.3 is 15.0 Å². The Balaban J connectivity index is 1.12. The summed E-state index contributed by atoms with van der Waals surface area (Å²) >= 11 is 0. The largest absolute Gasteiger partial charge is 0.494 e. The lowest BCUT2D eigenvalue weighted by molar-refractivity contribution is 0.173. The summed E-state index contributed by atoms with van der Waals surface area (Å²) in [5.41, 5.74) is 8.42. The second-order valence-corrected chi connectivity index (χ2v) is 9.86. The number of carbonyl (C=O) groups excluding carboxylic acids is 1. The number of nitrogens with one attached hydrogen (secondary N) is 3. The summed E-state index contributed by atoms with van der Waals surface area (Å²) in [6.45, 7) is 3.08. The Kier molecular flexibility index (Phi) is 9.12. The molecule has 2 amide bonds. The van der Waals surface area contributed by atoms with E-state index >= 15 is 0 Å². The minimum Gasteiger partial charge on any atom is -0.494 e. The Morgan fingerprint density at radius 3 is 2.69 bits per heavy atom. The number of nitrogens with zero attached hydrogens (tertiary/aromatic N) is 2. The zero-order chi connectivity index (χ0) is 25.5. The molecular formula is C27H37F2N5O2. The summed E-state index contributed by atoms with van der Waals surface area (Å²) in [5, 5.41) is 3.16. The van der Waals surface area contributed by atoms with Gasteiger partial charge in [0.25, 0.3) is 0 Å². The van der Waals surface area contributed by atoms with E-state index in [4.69, 9.17) is 4.74 Å². The number of hydrazine groups is 1. The van der Waals surface area contributed by atoms with Crippen molar-refractivity contribution in [2.24, 2.45) is 0 Å². The number of ether oxygens (including phenoxy) is 1. The molecule has 2 aromatic rings. The smallest absolute Gasteiger partial charge is 0.317 e. The SMILES string of the molecule is COc1ccc(CN2CCC(NC(=O)N(C)CCCC3CC(c4cccc(F)c4)NN3)CC2)cc1F. The van der Waals surface area contributed by atoms with Gasteiger partial charge in [-0.25, -0.2) is 13.6 Å². The van der Waals surface area contributed by atoms with Crippen molar-refractivity contribution in [1.82, 2.24) is 26.0 Å². The van der Waals surface area contributed by atoms with E-state index < -0.39 is 0 Å². The number of hydrogen-bond donors (Lipinski definition) is 3. The van der Waals surface area contributed by atoms with Crippen molar-refractivity contribution in [3.8, 4) is 5.75 Å². The van der Waals surface area contributed by atoms with Crippen LogP contribution in [-0.2, 0) is 6.54 Å². The molecule has 9 heteroatoms. The summed E-state index contributed by atoms with van der Waals surface area (Å²) in [7, 11) is 3.29. The van der Waals surface area contributed by atoms with Crippen LogP contribution in [0.2, 0.25) is 0 Å². The second kappa shape index (κ2) is 12.5. The van der Waals surface area contributed by atoms with Gasteiger partial charge in [-0.15, -0.1) is 0 Å². The highest BCUT2D eigenvalue weighted by molar-refractivity contribution is 5.74. The van der Waals surface area contributed by atoms with Crippen LogP contribution >= 0.6 is 0 Å². The van der Waals surface area contributed by atoms with Gasteiger partial charge in [-0.3, -0.25) is 15.8 Å². The van der Waals surface area contributed by atoms with Crippen molar-refractivity contribution in [3.05, 3.63) is 65.2 Å². The van der Waals surface area contributed by atoms with E-state index in [1.807, 2.05) is 19.2 Å². The molecule has 7 nitrogen and oxygen atoms in total. The number of benzene rings is 2. The molecule has 2 saturated heterocycles. The van der Waals surface area contributed by atoms with Gasteiger partial charge in [0.2, 0.25) is 0 Å². The number of methoxy groups -OCH3 is 1. The Morgan fingerprint density at radius 1 is 1.17 bits per heavy atom. The van der Waals surface area contributed by atoms with Crippen LogP contribution in [0.1, 0.15) is 49.3 Å². The molecule has 0 radical (unpaired) electrons. The van der Waals surface area contributed by atoms with Crippen LogP contribution in [-0.4, -0.2) is 61.7 Å². The molecule has 2 aliphatic heterocycles. The van der Waals surface area contributed by atoms with Crippen LogP contribution in [0.15, 0.2) is 42.5 Å². The number of rotatable bonds is 9. The molecule has 36 heavy (non-hydrogen) atoms. The van der Waals surface area contributed by atoms with Crippen LogP contribution in [0.5, 0.6) is 5.75 Å². The molecule has 2 unspecified atom stereocenters. The molecule has 4 rings (SSSR count). The minimum atomic E-state index is -0.341. The van der Waals surface area contributed by atoms with Gasteiger partial charge in [-0.1, -0.05) is 18.2 Å². The Labute approximate surface area is 212 Å². The van der Waals surface area contributed by atoms with Gasteiger partial charge in [0.1, 0.15) is 5.82 Å². The number of hydrogen-bond acceptors (Lipinski definition) is 5. The average Bonchev–Trinajstić information content (AvgIpc) is 3.34. The number of carbonyl (C=O) groups is 1. The molecule has 0 aromatic heterocycles. The van der Waals surface area contributed by atoms with E-state index in [0.29, 0.717) is 19.1 Å². The van der Waals surface area contributed by atoms with E-state index in [1.54, 1.807) is 23.1 Å². The number of halogens is 2. The van der Waals surface area contributed by atoms with E-state index in [9.17, 15) is 13.6 Å². The summed E-state index contributed by atoms with van der Waals surface area (Å²) in [5.74, 6) is -0.302. The highest BCUT2D eigenvalue weighted by Gasteiger charge is 2.26. The fourth-order valence-corrected chi connectivity index (χ4v) is 5.02. The maximum atomic E-state index is 13.9. The van der Waals surface area contributed by atoms with Gasteiger partial charge in [-0.05, 0) is 67.5 Å². The van der Waals surface area contributed by atoms with Gasteiger partial charge in [0.05, 0.1) is 7.11 Å². The fraction of sp³-hybridized carbons (Fsp3) is 0.519. The molecule has 2 aliphatic rings. The van der Waals surface area contributed by atoms with Crippen molar-refractivity contribution < 1.29 is 18.3 Å². The molecule has 0 bridgehead atoms. The number of likely N-dealkylation sites (tertiary alicyclic amines) is 1. The first-order valence-corrected chi connectivity index (χ1v) is 12.7. The third kappa shape index (κ3) is 7.15. The lowest BCUT2D eigenvalue weighted by Gasteiger charge is -2.33. The van der Waals surface area contributed by atoms with E-state index in [0.717, 1.165) is 56.3 Å². The molecule has 0 spiro atoms. The Bertz CT molecular complexity index is 1020. The van der Waals surface area contributed by atoms with Crippen LogP contribution in [0.3, 0.4) is 0 Å². The number of piperidine rings is 1. The van der Waals surface area contributed by atoms with Gasteiger partial charge in [0, 0.05) is 51.4 Å². The van der Waals surface area contributed by atoms with E-state index in [1.165, 1.54) is 19.2 Å². The maximum absolute atomic E-state index is 13.9. The van der Waals surface area contributed by atoms with Gasteiger partial charge >= 0.3 is 6.03 Å². The highest BCUT2D eigenvalue weighted by atomic mass is 19.1. The molecule has 0 saturated carbocycles. The molecule has 2 fully saturated rings. The first kappa shape index (κ1) is 26.3. The summed E-state index contributed by atoms with van der Waals surface area (Å²) in [6, 6.07) is 12.3. The van der Waals surface area contributed by atoms with Crippen LogP contribution in [0, 0.1) is 11.6 Å². The monoisotopic (exact) mass is 501 g/mol. The predicted molar refractivity (Wildman–Crippen MR) is 135 cm³/mol. The van der Waals surface area contributed by atoms with Crippen molar-refractivity contribution >= 4 is 6.03 Å². The first-order valence-electron chi connectivity index (χ1n) is 12.7. The zero-order valence-corrected chi connectivity index (χ0v) is 21.1. The lowest BCUT2D eigenvalue weighted by atomic mass is 9.99. The predicted octanol–water partition coefficient (Wildman–Crippen LogP) is 3.97. The highest BCUT2D eigenvalue weighted by Crippen LogP contribution is 2.25. The van der Waals surface area contributed by atoms with Gasteiger partial charge in [0.15, 0.2) is 11.6 Å².